The number of piperazine rings is 1. The van der Waals surface area contributed by atoms with Gasteiger partial charge in [0.05, 0.1) is 44.2 Å². The molecular weight excluding hydrogens is 662 g/mol. The molecule has 1 N–H and O–H groups in total. The SMILES string of the molecule is CCOc1ccccc1C1(C2CN(c3ncccc3C)CCN2C(=O)O)C(=O)N(S(=O)(=O)c2ccc(OC)cc2OC)c2ccc(C#N)cc21. The molecule has 13 nitrogen and oxygen atoms in total. The standard InChI is InChI=1S/C36H35N5O8S/c1-5-49-29-11-7-6-10-26(29)36(32-22-39(17-18-40(32)35(43)44)33-23(2)9-8-16-38-33)27-19-24(21-37)12-14-28(27)41(34(36)42)50(45,46)31-15-13-25(47-3)20-30(31)48-4/h6-16,19-20,32H,5,17-18,22H2,1-4H3,(H,43,44). The third kappa shape index (κ3) is 5.30. The number of sulfonamides is 1. The molecule has 3 heterocycles. The quantitative estimate of drug-likeness (QED) is 0.261. The number of anilines is 2. The zero-order valence-corrected chi connectivity index (χ0v) is 28.7. The Kier molecular flexibility index (Phi) is 9.02. The highest BCUT2D eigenvalue weighted by Gasteiger charge is 2.64. The van der Waals surface area contributed by atoms with Crippen molar-refractivity contribution in [2.75, 3.05) is 49.7 Å². The van der Waals surface area contributed by atoms with Gasteiger partial charge in [0.25, 0.3) is 15.9 Å². The molecular formula is C36H35N5O8S. The molecule has 3 aromatic carbocycles. The van der Waals surface area contributed by atoms with E-state index in [-0.39, 0.29) is 65.0 Å². The zero-order valence-electron chi connectivity index (χ0n) is 27.9. The molecule has 1 fully saturated rings. The van der Waals surface area contributed by atoms with Gasteiger partial charge in [-0.3, -0.25) is 4.79 Å². The number of fused-ring (bicyclic) bond motifs is 1. The number of aromatic nitrogens is 1. The number of ether oxygens (including phenoxy) is 3. The predicted octanol–water partition coefficient (Wildman–Crippen LogP) is 4.57. The van der Waals surface area contributed by atoms with Crippen LogP contribution in [-0.2, 0) is 20.2 Å². The normalized spacial score (nSPS) is 18.7. The van der Waals surface area contributed by atoms with Gasteiger partial charge in [-0.25, -0.2) is 22.5 Å². The van der Waals surface area contributed by atoms with E-state index in [1.54, 1.807) is 43.5 Å². The largest absolute Gasteiger partial charge is 0.497 e. The number of carbonyl (C=O) groups excluding carboxylic acids is 1. The van der Waals surface area contributed by atoms with Crippen LogP contribution in [0.5, 0.6) is 17.2 Å². The van der Waals surface area contributed by atoms with Crippen LogP contribution in [0.1, 0.15) is 29.2 Å². The van der Waals surface area contributed by atoms with Crippen LogP contribution in [0, 0.1) is 18.3 Å². The van der Waals surface area contributed by atoms with Gasteiger partial charge in [0, 0.05) is 43.0 Å². The first kappa shape index (κ1) is 34.1. The molecule has 14 heteroatoms. The number of pyridine rings is 1. The maximum Gasteiger partial charge on any atom is 0.407 e. The first-order valence-electron chi connectivity index (χ1n) is 15.8. The summed E-state index contributed by atoms with van der Waals surface area (Å²) < 4.78 is 47.2. The lowest BCUT2D eigenvalue weighted by molar-refractivity contribution is -0.122. The Morgan fingerprint density at radius 3 is 2.48 bits per heavy atom. The van der Waals surface area contributed by atoms with Crippen LogP contribution in [0.4, 0.5) is 16.3 Å². The molecule has 2 atom stereocenters. The Morgan fingerprint density at radius 1 is 1.02 bits per heavy atom. The Hall–Kier alpha value is -5.81. The molecule has 258 valence electrons. The minimum absolute atomic E-state index is 0.0327. The van der Waals surface area contributed by atoms with Crippen molar-refractivity contribution in [3.63, 3.8) is 0 Å². The average molecular weight is 698 g/mol. The van der Waals surface area contributed by atoms with Gasteiger partial charge < -0.3 is 29.1 Å². The topological polar surface area (TPSA) is 163 Å². The van der Waals surface area contributed by atoms with Gasteiger partial charge in [-0.05, 0) is 61.9 Å². The Labute approximate surface area is 289 Å². The van der Waals surface area contributed by atoms with Crippen molar-refractivity contribution in [2.45, 2.75) is 30.2 Å². The summed E-state index contributed by atoms with van der Waals surface area (Å²) in [4.78, 5) is 36.1. The van der Waals surface area contributed by atoms with Gasteiger partial charge in [-0.1, -0.05) is 24.3 Å². The van der Waals surface area contributed by atoms with Crippen molar-refractivity contribution in [1.82, 2.24) is 9.88 Å². The third-order valence-corrected chi connectivity index (χ3v) is 10.9. The average Bonchev–Trinajstić information content (AvgIpc) is 3.39. The van der Waals surface area contributed by atoms with E-state index in [0.29, 0.717) is 15.9 Å². The fraction of sp³-hybridized carbons (Fsp3) is 0.278. The highest BCUT2D eigenvalue weighted by Crippen LogP contribution is 2.55. The van der Waals surface area contributed by atoms with Gasteiger partial charge in [0.2, 0.25) is 0 Å². The number of hydrogen-bond donors (Lipinski definition) is 1. The molecule has 1 aromatic heterocycles. The molecule has 2 unspecified atom stereocenters. The third-order valence-electron chi connectivity index (χ3n) is 9.20. The Bertz CT molecular complexity index is 2130. The molecule has 0 radical (unpaired) electrons. The molecule has 2 aliphatic rings. The number of amides is 2. The van der Waals surface area contributed by atoms with E-state index in [4.69, 9.17) is 14.2 Å². The van der Waals surface area contributed by atoms with Gasteiger partial charge in [0.1, 0.15) is 33.4 Å². The number of benzene rings is 3. The predicted molar refractivity (Wildman–Crippen MR) is 183 cm³/mol. The van der Waals surface area contributed by atoms with Gasteiger partial charge in [0.15, 0.2) is 0 Å². The fourth-order valence-electron chi connectivity index (χ4n) is 7.03. The zero-order chi connectivity index (χ0) is 35.8. The molecule has 0 aliphatic carbocycles. The maximum absolute atomic E-state index is 15.7. The first-order chi connectivity index (χ1) is 24.0. The van der Waals surface area contributed by atoms with Crippen LogP contribution in [-0.4, -0.2) is 81.9 Å². The summed E-state index contributed by atoms with van der Waals surface area (Å²) >= 11 is 0. The van der Waals surface area contributed by atoms with E-state index in [9.17, 15) is 23.6 Å². The highest BCUT2D eigenvalue weighted by molar-refractivity contribution is 7.93. The summed E-state index contributed by atoms with van der Waals surface area (Å²) in [7, 11) is -2.03. The summed E-state index contributed by atoms with van der Waals surface area (Å²) in [5.41, 5.74) is -0.695. The van der Waals surface area contributed by atoms with E-state index in [1.165, 1.54) is 55.5 Å². The summed E-state index contributed by atoms with van der Waals surface area (Å²) in [6.45, 7) is 4.02. The number of carbonyl (C=O) groups is 2. The number of rotatable bonds is 9. The summed E-state index contributed by atoms with van der Waals surface area (Å²) in [6, 6.07) is 19.6. The minimum Gasteiger partial charge on any atom is -0.497 e. The Balaban J connectivity index is 1.70. The second-order valence-electron chi connectivity index (χ2n) is 11.8. The van der Waals surface area contributed by atoms with Crippen molar-refractivity contribution in [1.29, 1.82) is 5.26 Å². The number of carboxylic acid groups (broad SMARTS) is 1. The van der Waals surface area contributed by atoms with Gasteiger partial charge in [-0.2, -0.15) is 5.26 Å². The minimum atomic E-state index is -4.75. The molecule has 0 saturated carbocycles. The van der Waals surface area contributed by atoms with E-state index >= 15 is 4.79 Å². The maximum atomic E-state index is 15.7. The molecule has 1 saturated heterocycles. The number of hydrogen-bond acceptors (Lipinski definition) is 10. The number of methoxy groups -OCH3 is 2. The highest BCUT2D eigenvalue weighted by atomic mass is 32.2. The lowest BCUT2D eigenvalue weighted by Gasteiger charge is -2.48. The van der Waals surface area contributed by atoms with E-state index < -0.39 is 33.5 Å². The van der Waals surface area contributed by atoms with Crippen LogP contribution >= 0.6 is 0 Å². The van der Waals surface area contributed by atoms with E-state index in [2.05, 4.69) is 11.1 Å². The molecule has 50 heavy (non-hydrogen) atoms. The fourth-order valence-corrected chi connectivity index (χ4v) is 8.64. The van der Waals surface area contributed by atoms with Crippen molar-refractivity contribution >= 4 is 33.5 Å². The second-order valence-corrected chi connectivity index (χ2v) is 13.5. The number of nitriles is 1. The molecule has 4 aromatic rings. The van der Waals surface area contributed by atoms with Gasteiger partial charge >= 0.3 is 6.09 Å². The molecule has 6 rings (SSSR count). The van der Waals surface area contributed by atoms with Crippen LogP contribution in [0.2, 0.25) is 0 Å². The molecule has 2 amide bonds. The smallest absolute Gasteiger partial charge is 0.407 e. The second kappa shape index (κ2) is 13.2. The van der Waals surface area contributed by atoms with Crippen LogP contribution in [0.25, 0.3) is 0 Å². The number of para-hydroxylation sites is 1. The van der Waals surface area contributed by atoms with E-state index in [0.717, 1.165) is 5.56 Å². The summed E-state index contributed by atoms with van der Waals surface area (Å²) in [5, 5.41) is 20.8. The van der Waals surface area contributed by atoms with Crippen molar-refractivity contribution in [3.8, 4) is 23.3 Å². The Morgan fingerprint density at radius 2 is 1.80 bits per heavy atom. The lowest BCUT2D eigenvalue weighted by Crippen LogP contribution is -2.66. The molecule has 2 aliphatic heterocycles. The van der Waals surface area contributed by atoms with Crippen LogP contribution in [0.3, 0.4) is 0 Å². The number of aryl methyl sites for hydroxylation is 1. The number of nitrogens with zero attached hydrogens (tertiary/aromatic N) is 5. The monoisotopic (exact) mass is 697 g/mol. The van der Waals surface area contributed by atoms with Gasteiger partial charge in [-0.15, -0.1) is 0 Å². The first-order valence-corrected chi connectivity index (χ1v) is 17.2. The molecule has 0 bridgehead atoms. The summed E-state index contributed by atoms with van der Waals surface area (Å²) in [5.74, 6) is 0.176. The van der Waals surface area contributed by atoms with Crippen LogP contribution in [0.15, 0.2) is 83.9 Å². The molecule has 0 spiro atoms. The van der Waals surface area contributed by atoms with Crippen molar-refractivity contribution < 1.29 is 37.3 Å². The summed E-state index contributed by atoms with van der Waals surface area (Å²) in [6.07, 6.45) is 0.330. The van der Waals surface area contributed by atoms with Crippen LogP contribution < -0.4 is 23.4 Å². The van der Waals surface area contributed by atoms with E-state index in [1.807, 2.05) is 17.9 Å². The lowest BCUT2D eigenvalue weighted by atomic mass is 9.67. The van der Waals surface area contributed by atoms with Crippen molar-refractivity contribution in [3.05, 3.63) is 101 Å². The van der Waals surface area contributed by atoms with Crippen molar-refractivity contribution in [2.24, 2.45) is 0 Å².